The fourth-order valence-electron chi connectivity index (χ4n) is 2.78. The Balaban J connectivity index is 2.38. The maximum absolute atomic E-state index is 10.1. The zero-order valence-corrected chi connectivity index (χ0v) is 12.9. The molecule has 1 fully saturated rings. The highest BCUT2D eigenvalue weighted by atomic mass is 32.2. The molecule has 2 unspecified atom stereocenters. The van der Waals surface area contributed by atoms with Gasteiger partial charge in [-0.25, -0.2) is 0 Å². The van der Waals surface area contributed by atoms with E-state index >= 15 is 0 Å². The van der Waals surface area contributed by atoms with Crippen molar-refractivity contribution in [1.82, 2.24) is 0 Å². The van der Waals surface area contributed by atoms with Gasteiger partial charge in [-0.15, -0.1) is 0 Å². The highest BCUT2D eigenvalue weighted by Gasteiger charge is 2.26. The van der Waals surface area contributed by atoms with Gasteiger partial charge in [0.2, 0.25) is 0 Å². The summed E-state index contributed by atoms with van der Waals surface area (Å²) < 4.78 is 5.40. The molecule has 0 spiro atoms. The third kappa shape index (κ3) is 3.18. The number of methoxy groups -OCH3 is 1. The summed E-state index contributed by atoms with van der Waals surface area (Å²) in [5, 5.41) is 11.3. The first-order valence-corrected chi connectivity index (χ1v) is 7.72. The first-order chi connectivity index (χ1) is 9.02. The molecule has 1 aliphatic heterocycles. The SMILES string of the molecule is COc1cccc(N2CC(C)SC(C)C2)c1[C@@H](C)O. The van der Waals surface area contributed by atoms with Crippen molar-refractivity contribution in [3.8, 4) is 5.75 Å². The van der Waals surface area contributed by atoms with E-state index in [1.54, 1.807) is 14.0 Å². The lowest BCUT2D eigenvalue weighted by Crippen LogP contribution is -2.41. The molecule has 4 heteroatoms. The van der Waals surface area contributed by atoms with Crippen molar-refractivity contribution in [2.75, 3.05) is 25.1 Å². The molecule has 2 rings (SSSR count). The minimum absolute atomic E-state index is 0.522. The minimum atomic E-state index is -0.522. The first-order valence-electron chi connectivity index (χ1n) is 6.78. The highest BCUT2D eigenvalue weighted by molar-refractivity contribution is 8.00. The van der Waals surface area contributed by atoms with Gasteiger partial charge in [0.15, 0.2) is 0 Å². The Labute approximate surface area is 120 Å². The standard InChI is InChI=1S/C15H23NO2S/c1-10-8-16(9-11(2)19-10)13-6-5-7-14(18-4)15(13)12(3)17/h5-7,10-12,17H,8-9H2,1-4H3/t10?,11?,12-/m1/s1. The van der Waals surface area contributed by atoms with Crippen LogP contribution in [0.1, 0.15) is 32.4 Å². The molecule has 0 saturated carbocycles. The Morgan fingerprint density at radius 2 is 1.95 bits per heavy atom. The van der Waals surface area contributed by atoms with Crippen LogP contribution in [0.4, 0.5) is 5.69 Å². The maximum Gasteiger partial charge on any atom is 0.126 e. The lowest BCUT2D eigenvalue weighted by atomic mass is 10.0. The number of hydrogen-bond donors (Lipinski definition) is 1. The van der Waals surface area contributed by atoms with Crippen molar-refractivity contribution >= 4 is 17.4 Å². The van der Waals surface area contributed by atoms with Gasteiger partial charge in [-0.2, -0.15) is 11.8 Å². The molecule has 3 nitrogen and oxygen atoms in total. The molecule has 3 atom stereocenters. The molecule has 0 bridgehead atoms. The van der Waals surface area contributed by atoms with E-state index in [-0.39, 0.29) is 0 Å². The van der Waals surface area contributed by atoms with Gasteiger partial charge in [-0.1, -0.05) is 19.9 Å². The second-order valence-corrected chi connectivity index (χ2v) is 7.11. The molecule has 1 N–H and O–H groups in total. The van der Waals surface area contributed by atoms with E-state index < -0.39 is 6.10 Å². The largest absolute Gasteiger partial charge is 0.496 e. The van der Waals surface area contributed by atoms with Crippen molar-refractivity contribution in [1.29, 1.82) is 0 Å². The Morgan fingerprint density at radius 1 is 1.32 bits per heavy atom. The van der Waals surface area contributed by atoms with Crippen LogP contribution in [0.3, 0.4) is 0 Å². The number of nitrogens with zero attached hydrogens (tertiary/aromatic N) is 1. The van der Waals surface area contributed by atoms with Crippen LogP contribution in [0.25, 0.3) is 0 Å². The summed E-state index contributed by atoms with van der Waals surface area (Å²) in [7, 11) is 1.66. The predicted molar refractivity (Wildman–Crippen MR) is 82.4 cm³/mol. The van der Waals surface area contributed by atoms with E-state index in [1.165, 1.54) is 0 Å². The van der Waals surface area contributed by atoms with Crippen LogP contribution >= 0.6 is 11.8 Å². The quantitative estimate of drug-likeness (QED) is 0.923. The van der Waals surface area contributed by atoms with Gasteiger partial charge in [0.25, 0.3) is 0 Å². The lowest BCUT2D eigenvalue weighted by molar-refractivity contribution is 0.194. The Morgan fingerprint density at radius 3 is 2.47 bits per heavy atom. The van der Waals surface area contributed by atoms with E-state index in [4.69, 9.17) is 4.74 Å². The minimum Gasteiger partial charge on any atom is -0.496 e. The summed E-state index contributed by atoms with van der Waals surface area (Å²) in [5.41, 5.74) is 2.00. The third-order valence-corrected chi connectivity index (χ3v) is 4.67. The summed E-state index contributed by atoms with van der Waals surface area (Å²) >= 11 is 2.03. The normalized spacial score (nSPS) is 25.2. The van der Waals surface area contributed by atoms with Crippen LogP contribution in [-0.2, 0) is 0 Å². The maximum atomic E-state index is 10.1. The number of aliphatic hydroxyl groups excluding tert-OH is 1. The van der Waals surface area contributed by atoms with Crippen molar-refractivity contribution < 1.29 is 9.84 Å². The van der Waals surface area contributed by atoms with Gasteiger partial charge in [0.05, 0.1) is 13.2 Å². The van der Waals surface area contributed by atoms with E-state index in [2.05, 4.69) is 24.8 Å². The summed E-state index contributed by atoms with van der Waals surface area (Å²) in [6.07, 6.45) is -0.522. The van der Waals surface area contributed by atoms with Gasteiger partial charge >= 0.3 is 0 Å². The van der Waals surface area contributed by atoms with Crippen molar-refractivity contribution in [3.63, 3.8) is 0 Å². The number of anilines is 1. The van der Waals surface area contributed by atoms with Crippen LogP contribution in [-0.4, -0.2) is 35.8 Å². The van der Waals surface area contributed by atoms with Gasteiger partial charge in [0, 0.05) is 34.8 Å². The average Bonchev–Trinajstić information content (AvgIpc) is 2.36. The molecule has 19 heavy (non-hydrogen) atoms. The van der Waals surface area contributed by atoms with Crippen LogP contribution in [0.2, 0.25) is 0 Å². The topological polar surface area (TPSA) is 32.7 Å². The van der Waals surface area contributed by atoms with Crippen LogP contribution in [0.15, 0.2) is 18.2 Å². The molecule has 0 radical (unpaired) electrons. The Kier molecular flexibility index (Phi) is 4.63. The highest BCUT2D eigenvalue weighted by Crippen LogP contribution is 2.37. The van der Waals surface area contributed by atoms with Crippen molar-refractivity contribution in [2.45, 2.75) is 37.4 Å². The molecule has 0 aliphatic carbocycles. The summed E-state index contributed by atoms with van der Waals surface area (Å²) in [4.78, 5) is 2.37. The van der Waals surface area contributed by atoms with Crippen LogP contribution < -0.4 is 9.64 Å². The Hall–Kier alpha value is -0.870. The van der Waals surface area contributed by atoms with E-state index in [0.29, 0.717) is 10.5 Å². The molecular formula is C15H23NO2S. The average molecular weight is 281 g/mol. The number of thioether (sulfide) groups is 1. The molecule has 1 saturated heterocycles. The zero-order valence-electron chi connectivity index (χ0n) is 12.1. The van der Waals surface area contributed by atoms with Gasteiger partial charge in [-0.3, -0.25) is 0 Å². The summed E-state index contributed by atoms with van der Waals surface area (Å²) in [5.74, 6) is 0.769. The second kappa shape index (κ2) is 6.06. The molecule has 0 amide bonds. The molecule has 106 valence electrons. The van der Waals surface area contributed by atoms with Gasteiger partial charge in [-0.05, 0) is 19.1 Å². The van der Waals surface area contributed by atoms with Crippen LogP contribution in [0.5, 0.6) is 5.75 Å². The first kappa shape index (κ1) is 14.5. The summed E-state index contributed by atoms with van der Waals surface area (Å²) in [6, 6.07) is 5.99. The zero-order chi connectivity index (χ0) is 14.0. The fourth-order valence-corrected chi connectivity index (χ4v) is 4.11. The molecule has 1 aromatic rings. The number of ether oxygens (including phenoxy) is 1. The van der Waals surface area contributed by atoms with E-state index in [0.717, 1.165) is 30.1 Å². The molecular weight excluding hydrogens is 258 g/mol. The fraction of sp³-hybridized carbons (Fsp3) is 0.600. The number of hydrogen-bond acceptors (Lipinski definition) is 4. The molecule has 1 aliphatic rings. The lowest BCUT2D eigenvalue weighted by Gasteiger charge is -2.37. The molecule has 1 aromatic carbocycles. The molecule has 1 heterocycles. The monoisotopic (exact) mass is 281 g/mol. The number of aliphatic hydroxyl groups is 1. The predicted octanol–water partition coefficient (Wildman–Crippen LogP) is 3.08. The van der Waals surface area contributed by atoms with Gasteiger partial charge in [0.1, 0.15) is 5.75 Å². The second-order valence-electron chi connectivity index (χ2n) is 5.23. The Bertz CT molecular complexity index is 426. The third-order valence-electron chi connectivity index (χ3n) is 3.44. The van der Waals surface area contributed by atoms with Crippen LogP contribution in [0, 0.1) is 0 Å². The van der Waals surface area contributed by atoms with E-state index in [9.17, 15) is 5.11 Å². The summed E-state index contributed by atoms with van der Waals surface area (Å²) in [6.45, 7) is 8.35. The van der Waals surface area contributed by atoms with E-state index in [1.807, 2.05) is 23.9 Å². The molecule has 0 aromatic heterocycles. The van der Waals surface area contributed by atoms with Gasteiger partial charge < -0.3 is 14.7 Å². The van der Waals surface area contributed by atoms with Crippen molar-refractivity contribution in [3.05, 3.63) is 23.8 Å². The number of rotatable bonds is 3. The number of benzene rings is 1. The smallest absolute Gasteiger partial charge is 0.126 e. The van der Waals surface area contributed by atoms with Crippen molar-refractivity contribution in [2.24, 2.45) is 0 Å².